The molecule has 1 heterocycles. The molecule has 5 nitrogen and oxygen atoms in total. The van der Waals surface area contributed by atoms with Gasteiger partial charge in [-0.25, -0.2) is 4.98 Å². The summed E-state index contributed by atoms with van der Waals surface area (Å²) in [7, 11) is -2.39. The quantitative estimate of drug-likeness (QED) is 0.531. The van der Waals surface area contributed by atoms with Crippen molar-refractivity contribution in [2.45, 2.75) is 13.1 Å². The van der Waals surface area contributed by atoms with Crippen LogP contribution in [0.5, 0.6) is 0 Å². The zero-order valence-corrected chi connectivity index (χ0v) is 17.0. The predicted molar refractivity (Wildman–Crippen MR) is 110 cm³/mol. The van der Waals surface area contributed by atoms with E-state index >= 15 is 0 Å². The van der Waals surface area contributed by atoms with Gasteiger partial charge in [-0.2, -0.15) is 18.2 Å². The number of halogens is 3. The number of hydrogen-bond acceptors (Lipinski definition) is 5. The van der Waals surface area contributed by atoms with Gasteiger partial charge in [-0.1, -0.05) is 12.1 Å². The predicted octanol–water partition coefficient (Wildman–Crippen LogP) is 5.54. The average Bonchev–Trinajstić information content (AvgIpc) is 2.60. The molecule has 0 atom stereocenters. The van der Waals surface area contributed by atoms with E-state index in [-0.39, 0.29) is 11.8 Å². The van der Waals surface area contributed by atoms with E-state index in [1.54, 1.807) is 55.8 Å². The Morgan fingerprint density at radius 3 is 2.24 bits per heavy atom. The molecule has 0 aliphatic rings. The number of nitrogens with zero attached hydrogens (tertiary/aromatic N) is 2. The lowest BCUT2D eigenvalue weighted by Gasteiger charge is -2.15. The Morgan fingerprint density at radius 1 is 0.966 bits per heavy atom. The van der Waals surface area contributed by atoms with Crippen LogP contribution in [-0.4, -0.2) is 23.3 Å². The van der Waals surface area contributed by atoms with Crippen molar-refractivity contribution in [1.29, 1.82) is 0 Å². The van der Waals surface area contributed by atoms with Crippen LogP contribution >= 0.6 is 7.14 Å². The molecule has 0 saturated carbocycles. The van der Waals surface area contributed by atoms with Crippen molar-refractivity contribution in [1.82, 2.24) is 9.97 Å². The maximum atomic E-state index is 13.4. The number of benzene rings is 2. The van der Waals surface area contributed by atoms with Crippen molar-refractivity contribution in [2.24, 2.45) is 0 Å². The number of nitrogens with one attached hydrogen (secondary N) is 2. The standard InChI is InChI=1S/C20H20F3N4OP/c1-13-5-4-6-15(11-13)25-18-17(20(21,22)23)12-24-19(27-18)26-14-7-9-16(10-8-14)29(2,3)28/h4-12H,1-3H3,(H2,24,25,26,27). The summed E-state index contributed by atoms with van der Waals surface area (Å²) in [5, 5.41) is 6.31. The van der Waals surface area contributed by atoms with E-state index in [9.17, 15) is 17.7 Å². The molecule has 3 aromatic rings. The first kappa shape index (κ1) is 20.9. The van der Waals surface area contributed by atoms with E-state index in [1.807, 2.05) is 13.0 Å². The molecule has 0 aliphatic carbocycles. The van der Waals surface area contributed by atoms with Gasteiger partial charge in [0.2, 0.25) is 5.95 Å². The van der Waals surface area contributed by atoms with Crippen molar-refractivity contribution in [3.8, 4) is 0 Å². The lowest BCUT2D eigenvalue weighted by atomic mass is 10.2. The summed E-state index contributed by atoms with van der Waals surface area (Å²) in [6.07, 6.45) is -3.86. The van der Waals surface area contributed by atoms with Gasteiger partial charge in [-0.15, -0.1) is 0 Å². The minimum atomic E-state index is -4.60. The molecule has 0 unspecified atom stereocenters. The van der Waals surface area contributed by atoms with Crippen LogP contribution in [0.2, 0.25) is 0 Å². The Morgan fingerprint density at radius 2 is 1.66 bits per heavy atom. The van der Waals surface area contributed by atoms with E-state index in [2.05, 4.69) is 20.6 Å². The van der Waals surface area contributed by atoms with Crippen LogP contribution in [0.25, 0.3) is 0 Å². The summed E-state index contributed by atoms with van der Waals surface area (Å²) in [5.74, 6) is -0.332. The third-order valence-electron chi connectivity index (χ3n) is 4.12. The van der Waals surface area contributed by atoms with Crippen LogP contribution in [0.15, 0.2) is 54.7 Å². The molecule has 9 heteroatoms. The van der Waals surface area contributed by atoms with Gasteiger partial charge in [0.15, 0.2) is 0 Å². The summed E-state index contributed by atoms with van der Waals surface area (Å²) in [6, 6.07) is 13.8. The first-order valence-electron chi connectivity index (χ1n) is 8.73. The maximum absolute atomic E-state index is 13.4. The van der Waals surface area contributed by atoms with Gasteiger partial charge < -0.3 is 15.2 Å². The van der Waals surface area contributed by atoms with Crippen LogP contribution in [0, 0.1) is 6.92 Å². The first-order chi connectivity index (χ1) is 13.5. The fourth-order valence-corrected chi connectivity index (χ4v) is 3.50. The van der Waals surface area contributed by atoms with Crippen molar-refractivity contribution >= 4 is 35.6 Å². The molecule has 0 spiro atoms. The summed E-state index contributed by atoms with van der Waals surface area (Å²) in [4.78, 5) is 7.82. The van der Waals surface area contributed by atoms with E-state index in [1.165, 1.54) is 0 Å². The van der Waals surface area contributed by atoms with Gasteiger partial charge in [0.1, 0.15) is 18.5 Å². The van der Waals surface area contributed by atoms with Gasteiger partial charge in [-0.3, -0.25) is 0 Å². The fourth-order valence-electron chi connectivity index (χ4n) is 2.64. The van der Waals surface area contributed by atoms with Crippen molar-refractivity contribution in [3.05, 3.63) is 65.9 Å². The normalized spacial score (nSPS) is 11.9. The van der Waals surface area contributed by atoms with Crippen molar-refractivity contribution in [2.75, 3.05) is 24.0 Å². The molecule has 0 amide bonds. The molecule has 1 aromatic heterocycles. The lowest BCUT2D eigenvalue weighted by molar-refractivity contribution is -0.137. The van der Waals surface area contributed by atoms with E-state index in [0.717, 1.165) is 11.8 Å². The highest BCUT2D eigenvalue weighted by Gasteiger charge is 2.35. The second-order valence-electron chi connectivity index (χ2n) is 6.97. The Bertz CT molecular complexity index is 1060. The molecule has 2 N–H and O–H groups in total. The first-order valence-corrected chi connectivity index (χ1v) is 11.3. The second kappa shape index (κ2) is 7.87. The lowest BCUT2D eigenvalue weighted by Crippen LogP contribution is -2.12. The number of aryl methyl sites for hydroxylation is 1. The molecule has 3 rings (SSSR count). The number of anilines is 4. The van der Waals surface area contributed by atoms with Crippen LogP contribution in [0.1, 0.15) is 11.1 Å². The van der Waals surface area contributed by atoms with Crippen molar-refractivity contribution in [3.63, 3.8) is 0 Å². The molecule has 0 bridgehead atoms. The third-order valence-corrected chi connectivity index (χ3v) is 5.66. The molecular weight excluding hydrogens is 400 g/mol. The summed E-state index contributed by atoms with van der Waals surface area (Å²) in [5.41, 5.74) is 1.01. The van der Waals surface area contributed by atoms with E-state index in [0.29, 0.717) is 16.7 Å². The fraction of sp³-hybridized carbons (Fsp3) is 0.200. The summed E-state index contributed by atoms with van der Waals surface area (Å²) >= 11 is 0. The average molecular weight is 420 g/mol. The van der Waals surface area contributed by atoms with Gasteiger partial charge in [-0.05, 0) is 62.2 Å². The van der Waals surface area contributed by atoms with Gasteiger partial charge in [0.05, 0.1) is 0 Å². The molecule has 29 heavy (non-hydrogen) atoms. The third kappa shape index (κ3) is 5.35. The Kier molecular flexibility index (Phi) is 5.66. The minimum Gasteiger partial charge on any atom is -0.340 e. The monoisotopic (exact) mass is 420 g/mol. The molecule has 0 aliphatic heterocycles. The zero-order valence-electron chi connectivity index (χ0n) is 16.1. The number of alkyl halides is 3. The molecule has 0 fully saturated rings. The molecule has 2 aromatic carbocycles. The topological polar surface area (TPSA) is 66.9 Å². The molecule has 0 saturated heterocycles. The van der Waals surface area contributed by atoms with E-state index < -0.39 is 18.9 Å². The van der Waals surface area contributed by atoms with Gasteiger partial charge in [0.25, 0.3) is 0 Å². The number of aromatic nitrogens is 2. The Balaban J connectivity index is 1.91. The van der Waals surface area contributed by atoms with Crippen molar-refractivity contribution < 1.29 is 17.7 Å². The van der Waals surface area contributed by atoms with E-state index in [4.69, 9.17) is 0 Å². The largest absolute Gasteiger partial charge is 0.421 e. The molecular formula is C20H20F3N4OP. The van der Waals surface area contributed by atoms with Crippen LogP contribution in [0.3, 0.4) is 0 Å². The Labute approximate surface area is 166 Å². The number of rotatable bonds is 5. The van der Waals surface area contributed by atoms with Crippen LogP contribution < -0.4 is 15.9 Å². The van der Waals surface area contributed by atoms with Crippen LogP contribution in [-0.2, 0) is 10.7 Å². The smallest absolute Gasteiger partial charge is 0.340 e. The SMILES string of the molecule is Cc1cccc(Nc2nc(Nc3ccc(P(C)(C)=O)cc3)ncc2C(F)(F)F)c1. The highest BCUT2D eigenvalue weighted by Crippen LogP contribution is 2.36. The molecule has 0 radical (unpaired) electrons. The highest BCUT2D eigenvalue weighted by atomic mass is 31.2. The van der Waals surface area contributed by atoms with Crippen LogP contribution in [0.4, 0.5) is 36.3 Å². The number of hydrogen-bond donors (Lipinski definition) is 2. The zero-order chi connectivity index (χ0) is 21.2. The summed E-state index contributed by atoms with van der Waals surface area (Å²) < 4.78 is 52.2. The maximum Gasteiger partial charge on any atom is 0.421 e. The van der Waals surface area contributed by atoms with Gasteiger partial charge >= 0.3 is 6.18 Å². The highest BCUT2D eigenvalue weighted by molar-refractivity contribution is 7.70. The van der Waals surface area contributed by atoms with Gasteiger partial charge in [0, 0.05) is 22.9 Å². The second-order valence-corrected chi connectivity index (χ2v) is 10.2. The minimum absolute atomic E-state index is 0.0112. The molecule has 152 valence electrons. The Hall–Kier alpha value is -2.86. The summed E-state index contributed by atoms with van der Waals surface area (Å²) in [6.45, 7) is 5.17.